The molecule has 1 rings (SSSR count). The van der Waals surface area contributed by atoms with Crippen LogP contribution in [0.15, 0.2) is 0 Å². The summed E-state index contributed by atoms with van der Waals surface area (Å²) < 4.78 is 0. The molecule has 0 saturated heterocycles. The van der Waals surface area contributed by atoms with Crippen LogP contribution in [0.2, 0.25) is 0 Å². The number of alkyl halides is 1. The number of carbonyl (C=O) groups excluding carboxylic acids is 1. The van der Waals surface area contributed by atoms with Crippen LogP contribution in [0.3, 0.4) is 0 Å². The van der Waals surface area contributed by atoms with Crippen molar-refractivity contribution in [3.63, 3.8) is 0 Å². The Morgan fingerprint density at radius 1 is 1.47 bits per heavy atom. The molecule has 0 unspecified atom stereocenters. The molecule has 15 heavy (non-hydrogen) atoms. The lowest BCUT2D eigenvalue weighted by molar-refractivity contribution is -0.139. The van der Waals surface area contributed by atoms with Crippen LogP contribution in [0.5, 0.6) is 0 Å². The number of rotatable bonds is 6. The Morgan fingerprint density at radius 2 is 2.07 bits per heavy atom. The lowest BCUT2D eigenvalue weighted by Crippen LogP contribution is -2.43. The SMILES string of the molecule is CCCN(CC1CC1)C(=O)C(C)(C)CCl. The second kappa shape index (κ2) is 5.20. The molecule has 3 heteroatoms. The van der Waals surface area contributed by atoms with E-state index in [1.54, 1.807) is 0 Å². The first-order chi connectivity index (χ1) is 7.01. The van der Waals surface area contributed by atoms with Crippen LogP contribution in [-0.4, -0.2) is 29.8 Å². The fourth-order valence-corrected chi connectivity index (χ4v) is 1.76. The summed E-state index contributed by atoms with van der Waals surface area (Å²) in [4.78, 5) is 14.2. The second-order valence-corrected chi connectivity index (χ2v) is 5.48. The number of hydrogen-bond donors (Lipinski definition) is 0. The molecule has 0 atom stereocenters. The van der Waals surface area contributed by atoms with E-state index < -0.39 is 5.41 Å². The average molecular weight is 232 g/mol. The summed E-state index contributed by atoms with van der Waals surface area (Å²) in [7, 11) is 0. The van der Waals surface area contributed by atoms with Crippen molar-refractivity contribution in [3.8, 4) is 0 Å². The molecule has 0 aromatic heterocycles. The van der Waals surface area contributed by atoms with Crippen LogP contribution in [0.1, 0.15) is 40.0 Å². The zero-order valence-corrected chi connectivity index (χ0v) is 10.8. The van der Waals surface area contributed by atoms with Gasteiger partial charge in [-0.3, -0.25) is 4.79 Å². The van der Waals surface area contributed by atoms with Gasteiger partial charge >= 0.3 is 0 Å². The van der Waals surface area contributed by atoms with Gasteiger partial charge in [-0.1, -0.05) is 6.92 Å². The fourth-order valence-electron chi connectivity index (χ4n) is 1.64. The molecule has 1 fully saturated rings. The summed E-state index contributed by atoms with van der Waals surface area (Å²) in [6.45, 7) is 7.78. The van der Waals surface area contributed by atoms with Crippen molar-refractivity contribution >= 4 is 17.5 Å². The van der Waals surface area contributed by atoms with E-state index in [9.17, 15) is 4.79 Å². The van der Waals surface area contributed by atoms with E-state index in [-0.39, 0.29) is 5.91 Å². The van der Waals surface area contributed by atoms with Crippen molar-refractivity contribution in [3.05, 3.63) is 0 Å². The van der Waals surface area contributed by atoms with Crippen molar-refractivity contribution < 1.29 is 4.79 Å². The summed E-state index contributed by atoms with van der Waals surface area (Å²) in [5.74, 6) is 1.37. The number of halogens is 1. The van der Waals surface area contributed by atoms with Crippen LogP contribution >= 0.6 is 11.6 Å². The third-order valence-corrected chi connectivity index (χ3v) is 3.54. The lowest BCUT2D eigenvalue weighted by atomic mass is 9.94. The van der Waals surface area contributed by atoms with E-state index in [0.717, 1.165) is 25.4 Å². The number of hydrogen-bond acceptors (Lipinski definition) is 1. The molecule has 0 aromatic carbocycles. The molecule has 1 aliphatic carbocycles. The highest BCUT2D eigenvalue weighted by atomic mass is 35.5. The maximum atomic E-state index is 12.2. The lowest BCUT2D eigenvalue weighted by Gasteiger charge is -2.30. The zero-order valence-electron chi connectivity index (χ0n) is 10.1. The highest BCUT2D eigenvalue weighted by Gasteiger charge is 2.33. The maximum Gasteiger partial charge on any atom is 0.229 e. The smallest absolute Gasteiger partial charge is 0.229 e. The van der Waals surface area contributed by atoms with Gasteiger partial charge in [0.25, 0.3) is 0 Å². The molecule has 0 spiro atoms. The van der Waals surface area contributed by atoms with Gasteiger partial charge in [-0.25, -0.2) is 0 Å². The highest BCUT2D eigenvalue weighted by molar-refractivity contribution is 6.19. The third kappa shape index (κ3) is 3.67. The van der Waals surface area contributed by atoms with E-state index in [1.165, 1.54) is 12.8 Å². The van der Waals surface area contributed by atoms with Gasteiger partial charge in [0.15, 0.2) is 0 Å². The Kier molecular flexibility index (Phi) is 4.45. The van der Waals surface area contributed by atoms with Crippen LogP contribution in [0.25, 0.3) is 0 Å². The molecule has 1 amide bonds. The highest BCUT2D eigenvalue weighted by Crippen LogP contribution is 2.31. The van der Waals surface area contributed by atoms with Crippen molar-refractivity contribution in [2.24, 2.45) is 11.3 Å². The molecular formula is C12H22ClNO. The first-order valence-corrected chi connectivity index (χ1v) is 6.40. The maximum absolute atomic E-state index is 12.2. The minimum atomic E-state index is -0.411. The van der Waals surface area contributed by atoms with Gasteiger partial charge in [-0.2, -0.15) is 0 Å². The van der Waals surface area contributed by atoms with Gasteiger partial charge in [-0.05, 0) is 39.0 Å². The van der Waals surface area contributed by atoms with Crippen LogP contribution < -0.4 is 0 Å². The Bertz CT molecular complexity index is 224. The number of nitrogens with zero attached hydrogens (tertiary/aromatic N) is 1. The molecule has 2 nitrogen and oxygen atoms in total. The minimum absolute atomic E-state index is 0.214. The number of amides is 1. The predicted octanol–water partition coefficient (Wildman–Crippen LogP) is 2.90. The van der Waals surface area contributed by atoms with Crippen LogP contribution in [-0.2, 0) is 4.79 Å². The van der Waals surface area contributed by atoms with Crippen molar-refractivity contribution in [1.29, 1.82) is 0 Å². The molecule has 0 N–H and O–H groups in total. The van der Waals surface area contributed by atoms with Gasteiger partial charge < -0.3 is 4.90 Å². The number of carbonyl (C=O) groups is 1. The van der Waals surface area contributed by atoms with Gasteiger partial charge in [0.2, 0.25) is 5.91 Å². The van der Waals surface area contributed by atoms with Crippen molar-refractivity contribution in [1.82, 2.24) is 4.90 Å². The first kappa shape index (κ1) is 12.8. The summed E-state index contributed by atoms with van der Waals surface area (Å²) >= 11 is 5.84. The van der Waals surface area contributed by atoms with E-state index in [0.29, 0.717) is 5.88 Å². The Labute approximate surface area is 98.0 Å². The molecular weight excluding hydrogens is 210 g/mol. The molecule has 1 saturated carbocycles. The van der Waals surface area contributed by atoms with Crippen molar-refractivity contribution in [2.45, 2.75) is 40.0 Å². The van der Waals surface area contributed by atoms with E-state index >= 15 is 0 Å². The Balaban J connectivity index is 2.56. The Hall–Kier alpha value is -0.240. The standard InChI is InChI=1S/C12H22ClNO/c1-4-7-14(8-10-5-6-10)11(15)12(2,3)9-13/h10H,4-9H2,1-3H3. The average Bonchev–Trinajstić information content (AvgIpc) is 3.00. The normalized spacial score (nSPS) is 16.5. The van der Waals surface area contributed by atoms with E-state index in [4.69, 9.17) is 11.6 Å². The molecule has 0 aliphatic heterocycles. The summed E-state index contributed by atoms with van der Waals surface area (Å²) in [5, 5.41) is 0. The van der Waals surface area contributed by atoms with Crippen LogP contribution in [0, 0.1) is 11.3 Å². The second-order valence-electron chi connectivity index (χ2n) is 5.21. The quantitative estimate of drug-likeness (QED) is 0.644. The van der Waals surface area contributed by atoms with E-state index in [2.05, 4.69) is 6.92 Å². The topological polar surface area (TPSA) is 20.3 Å². The van der Waals surface area contributed by atoms with Gasteiger partial charge in [0, 0.05) is 19.0 Å². The molecule has 1 aliphatic rings. The third-order valence-electron chi connectivity index (χ3n) is 2.87. The summed E-state index contributed by atoms with van der Waals surface area (Å²) in [5.41, 5.74) is -0.411. The summed E-state index contributed by atoms with van der Waals surface area (Å²) in [6.07, 6.45) is 3.60. The molecule has 0 radical (unpaired) electrons. The monoisotopic (exact) mass is 231 g/mol. The first-order valence-electron chi connectivity index (χ1n) is 5.86. The zero-order chi connectivity index (χ0) is 11.5. The van der Waals surface area contributed by atoms with Gasteiger partial charge in [-0.15, -0.1) is 11.6 Å². The van der Waals surface area contributed by atoms with Gasteiger partial charge in [0.05, 0.1) is 5.41 Å². The molecule has 0 heterocycles. The van der Waals surface area contributed by atoms with E-state index in [1.807, 2.05) is 18.7 Å². The molecule has 0 bridgehead atoms. The van der Waals surface area contributed by atoms with Crippen LogP contribution in [0.4, 0.5) is 0 Å². The Morgan fingerprint density at radius 3 is 2.47 bits per heavy atom. The van der Waals surface area contributed by atoms with Crippen molar-refractivity contribution in [2.75, 3.05) is 19.0 Å². The van der Waals surface area contributed by atoms with Gasteiger partial charge in [0.1, 0.15) is 0 Å². The molecule has 0 aromatic rings. The predicted molar refractivity (Wildman–Crippen MR) is 64.1 cm³/mol. The largest absolute Gasteiger partial charge is 0.342 e. The molecule has 88 valence electrons. The minimum Gasteiger partial charge on any atom is -0.342 e. The summed E-state index contributed by atoms with van der Waals surface area (Å²) in [6, 6.07) is 0. The fraction of sp³-hybridized carbons (Fsp3) is 0.917.